The van der Waals surface area contributed by atoms with Crippen molar-refractivity contribution in [3.05, 3.63) is 0 Å². The molecule has 0 saturated carbocycles. The fourth-order valence-electron chi connectivity index (χ4n) is 1.07. The summed E-state index contributed by atoms with van der Waals surface area (Å²) < 4.78 is 10.5. The molecular formula is C14H34N2O2. The van der Waals surface area contributed by atoms with Crippen molar-refractivity contribution < 1.29 is 9.47 Å². The van der Waals surface area contributed by atoms with Crippen molar-refractivity contribution in [2.24, 2.45) is 11.5 Å². The van der Waals surface area contributed by atoms with Gasteiger partial charge in [0.05, 0.1) is 0 Å². The zero-order valence-corrected chi connectivity index (χ0v) is 12.5. The van der Waals surface area contributed by atoms with Crippen LogP contribution in [0.5, 0.6) is 0 Å². The Balaban J connectivity index is 0. The molecule has 0 aromatic heterocycles. The number of hydrogen-bond acceptors (Lipinski definition) is 4. The van der Waals surface area contributed by atoms with E-state index in [9.17, 15) is 0 Å². The van der Waals surface area contributed by atoms with Crippen LogP contribution in [0.2, 0.25) is 0 Å². The fraction of sp³-hybridized carbons (Fsp3) is 1.00. The van der Waals surface area contributed by atoms with Crippen LogP contribution in [0.25, 0.3) is 0 Å². The molecule has 0 aliphatic heterocycles. The first-order valence-corrected chi connectivity index (χ1v) is 7.39. The van der Waals surface area contributed by atoms with Crippen molar-refractivity contribution in [1.82, 2.24) is 0 Å². The Labute approximate surface area is 113 Å². The molecule has 0 heterocycles. The maximum atomic E-state index is 5.26. The minimum absolute atomic E-state index is 0.742. The highest BCUT2D eigenvalue weighted by Gasteiger charge is 1.85. The molecule has 0 atom stereocenters. The molecule has 0 fully saturated rings. The summed E-state index contributed by atoms with van der Waals surface area (Å²) in [6.45, 7) is 9.26. The van der Waals surface area contributed by atoms with Gasteiger partial charge in [-0.3, -0.25) is 0 Å². The molecule has 0 aromatic rings. The highest BCUT2D eigenvalue weighted by atomic mass is 16.5. The van der Waals surface area contributed by atoms with E-state index in [0.717, 1.165) is 52.4 Å². The second-order valence-corrected chi connectivity index (χ2v) is 4.22. The topological polar surface area (TPSA) is 70.5 Å². The Kier molecular flexibility index (Phi) is 24.7. The summed E-state index contributed by atoms with van der Waals surface area (Å²) in [6, 6.07) is 0. The molecule has 18 heavy (non-hydrogen) atoms. The summed E-state index contributed by atoms with van der Waals surface area (Å²) in [5.74, 6) is 0. The van der Waals surface area contributed by atoms with Crippen LogP contribution in [0.3, 0.4) is 0 Å². The summed E-state index contributed by atoms with van der Waals surface area (Å²) >= 11 is 0. The lowest BCUT2D eigenvalue weighted by atomic mass is 10.4. The first-order valence-electron chi connectivity index (χ1n) is 7.39. The lowest BCUT2D eigenvalue weighted by Crippen LogP contribution is -2.04. The zero-order chi connectivity index (χ0) is 13.9. The normalized spacial score (nSPS) is 10.0. The standard InChI is InChI=1S/2C7H17NO/c2*1-2-3-6-9-7-4-5-8/h2*2-8H2,1H3. The predicted molar refractivity (Wildman–Crippen MR) is 78.8 cm³/mol. The van der Waals surface area contributed by atoms with Crippen molar-refractivity contribution in [3.63, 3.8) is 0 Å². The summed E-state index contributed by atoms with van der Waals surface area (Å²) in [4.78, 5) is 0. The van der Waals surface area contributed by atoms with E-state index in [4.69, 9.17) is 20.9 Å². The van der Waals surface area contributed by atoms with Crippen LogP contribution in [0.4, 0.5) is 0 Å². The molecular weight excluding hydrogens is 228 g/mol. The number of hydrogen-bond donors (Lipinski definition) is 2. The summed E-state index contributed by atoms with van der Waals surface area (Å²) in [6.07, 6.45) is 6.74. The van der Waals surface area contributed by atoms with Gasteiger partial charge in [-0.2, -0.15) is 0 Å². The van der Waals surface area contributed by atoms with Crippen molar-refractivity contribution in [3.8, 4) is 0 Å². The van der Waals surface area contributed by atoms with E-state index in [1.165, 1.54) is 25.7 Å². The molecule has 0 aliphatic rings. The Morgan fingerprint density at radius 1 is 0.611 bits per heavy atom. The molecule has 0 aliphatic carbocycles. The summed E-state index contributed by atoms with van der Waals surface area (Å²) in [5, 5.41) is 0. The number of ether oxygens (including phenoxy) is 2. The SMILES string of the molecule is CCCCOCCCN.CCCCOCCCN. The van der Waals surface area contributed by atoms with E-state index < -0.39 is 0 Å². The highest BCUT2D eigenvalue weighted by molar-refractivity contribution is 4.37. The van der Waals surface area contributed by atoms with Crippen LogP contribution in [0.15, 0.2) is 0 Å². The van der Waals surface area contributed by atoms with Gasteiger partial charge in [-0.1, -0.05) is 26.7 Å². The van der Waals surface area contributed by atoms with Gasteiger partial charge < -0.3 is 20.9 Å². The third kappa shape index (κ3) is 24.9. The molecule has 0 saturated heterocycles. The average molecular weight is 262 g/mol. The molecule has 0 bridgehead atoms. The highest BCUT2D eigenvalue weighted by Crippen LogP contribution is 1.88. The van der Waals surface area contributed by atoms with E-state index in [1.807, 2.05) is 0 Å². The third-order valence-electron chi connectivity index (χ3n) is 2.27. The lowest BCUT2D eigenvalue weighted by Gasteiger charge is -1.99. The first-order chi connectivity index (χ1) is 8.83. The van der Waals surface area contributed by atoms with E-state index in [1.54, 1.807) is 0 Å². The molecule has 4 nitrogen and oxygen atoms in total. The van der Waals surface area contributed by atoms with Gasteiger partial charge in [-0.05, 0) is 38.8 Å². The average Bonchev–Trinajstić information content (AvgIpc) is 2.39. The zero-order valence-electron chi connectivity index (χ0n) is 12.5. The summed E-state index contributed by atoms with van der Waals surface area (Å²) in [5.41, 5.74) is 10.5. The van der Waals surface area contributed by atoms with Crippen molar-refractivity contribution in [2.75, 3.05) is 39.5 Å². The maximum Gasteiger partial charge on any atom is 0.0478 e. The van der Waals surface area contributed by atoms with Crippen molar-refractivity contribution in [2.45, 2.75) is 52.4 Å². The van der Waals surface area contributed by atoms with E-state index in [-0.39, 0.29) is 0 Å². The Bertz CT molecular complexity index is 98.4. The van der Waals surface area contributed by atoms with E-state index in [2.05, 4.69) is 13.8 Å². The second kappa shape index (κ2) is 22.1. The van der Waals surface area contributed by atoms with Crippen LogP contribution in [-0.4, -0.2) is 39.5 Å². The second-order valence-electron chi connectivity index (χ2n) is 4.22. The van der Waals surface area contributed by atoms with Gasteiger partial charge in [0.1, 0.15) is 0 Å². The molecule has 0 unspecified atom stereocenters. The smallest absolute Gasteiger partial charge is 0.0478 e. The van der Waals surface area contributed by atoms with Gasteiger partial charge in [0.15, 0.2) is 0 Å². The molecule has 0 aromatic carbocycles. The van der Waals surface area contributed by atoms with Gasteiger partial charge >= 0.3 is 0 Å². The van der Waals surface area contributed by atoms with Crippen LogP contribution >= 0.6 is 0 Å². The molecule has 0 spiro atoms. The fourth-order valence-corrected chi connectivity index (χ4v) is 1.07. The van der Waals surface area contributed by atoms with Gasteiger partial charge in [0, 0.05) is 26.4 Å². The molecule has 112 valence electrons. The van der Waals surface area contributed by atoms with Gasteiger partial charge in [0.25, 0.3) is 0 Å². The van der Waals surface area contributed by atoms with Gasteiger partial charge in [-0.25, -0.2) is 0 Å². The Morgan fingerprint density at radius 2 is 0.944 bits per heavy atom. The van der Waals surface area contributed by atoms with Crippen LogP contribution < -0.4 is 11.5 Å². The maximum absolute atomic E-state index is 5.26. The first kappa shape index (κ1) is 20.2. The Morgan fingerprint density at radius 3 is 1.22 bits per heavy atom. The van der Waals surface area contributed by atoms with E-state index >= 15 is 0 Å². The van der Waals surface area contributed by atoms with Crippen molar-refractivity contribution >= 4 is 0 Å². The minimum Gasteiger partial charge on any atom is -0.381 e. The van der Waals surface area contributed by atoms with E-state index in [0.29, 0.717) is 0 Å². The predicted octanol–water partition coefficient (Wildman–Crippen LogP) is 2.30. The van der Waals surface area contributed by atoms with Crippen LogP contribution in [-0.2, 0) is 9.47 Å². The monoisotopic (exact) mass is 262 g/mol. The molecule has 0 rings (SSSR count). The van der Waals surface area contributed by atoms with Gasteiger partial charge in [-0.15, -0.1) is 0 Å². The molecule has 4 heteroatoms. The molecule has 4 N–H and O–H groups in total. The largest absolute Gasteiger partial charge is 0.381 e. The van der Waals surface area contributed by atoms with Crippen LogP contribution in [0, 0.1) is 0 Å². The quantitative estimate of drug-likeness (QED) is 0.529. The third-order valence-corrected chi connectivity index (χ3v) is 2.27. The number of unbranched alkanes of at least 4 members (excludes halogenated alkanes) is 2. The minimum atomic E-state index is 0.742. The van der Waals surface area contributed by atoms with Crippen molar-refractivity contribution in [1.29, 1.82) is 0 Å². The van der Waals surface area contributed by atoms with Gasteiger partial charge in [0.2, 0.25) is 0 Å². The molecule has 0 radical (unpaired) electrons. The summed E-state index contributed by atoms with van der Waals surface area (Å²) in [7, 11) is 0. The Hall–Kier alpha value is -0.160. The molecule has 0 amide bonds. The van der Waals surface area contributed by atoms with Crippen LogP contribution in [0.1, 0.15) is 52.4 Å². The number of rotatable bonds is 12. The lowest BCUT2D eigenvalue weighted by molar-refractivity contribution is 0.130. The number of nitrogens with two attached hydrogens (primary N) is 2.